The first-order chi connectivity index (χ1) is 16.1. The second-order valence-corrected chi connectivity index (χ2v) is 12.0. The summed E-state index contributed by atoms with van der Waals surface area (Å²) in [5, 5.41) is 2.71. The van der Waals surface area contributed by atoms with Gasteiger partial charge >= 0.3 is 6.09 Å². The van der Waals surface area contributed by atoms with Crippen molar-refractivity contribution in [3.63, 3.8) is 0 Å². The van der Waals surface area contributed by atoms with Crippen LogP contribution in [0.2, 0.25) is 0 Å². The average molecular weight is 498 g/mol. The maximum Gasteiger partial charge on any atom is 0.410 e. The molecule has 3 unspecified atom stereocenters. The molecule has 5 rings (SSSR count). The Morgan fingerprint density at radius 1 is 1.29 bits per heavy atom. The Balaban J connectivity index is 1.19. The van der Waals surface area contributed by atoms with Crippen LogP contribution in [0.5, 0.6) is 0 Å². The molecule has 2 aliphatic heterocycles. The Bertz CT molecular complexity index is 1110. The summed E-state index contributed by atoms with van der Waals surface area (Å²) in [4.78, 5) is 18.6. The molecule has 1 aromatic heterocycles. The van der Waals surface area contributed by atoms with Crippen molar-refractivity contribution in [1.29, 1.82) is 0 Å². The summed E-state index contributed by atoms with van der Waals surface area (Å²) < 4.78 is 60.3. The first-order valence-electron chi connectivity index (χ1n) is 11.4. The van der Waals surface area contributed by atoms with E-state index in [0.717, 1.165) is 25.2 Å². The third kappa shape index (κ3) is 4.89. The van der Waals surface area contributed by atoms with Crippen molar-refractivity contribution < 1.29 is 36.3 Å². The molecule has 1 saturated carbocycles. The Kier molecular flexibility index (Phi) is 6.01. The van der Waals surface area contributed by atoms with Gasteiger partial charge in [0, 0.05) is 36.8 Å². The Morgan fingerprint density at radius 2 is 2.00 bits per heavy atom. The van der Waals surface area contributed by atoms with Crippen LogP contribution in [-0.4, -0.2) is 79.1 Å². The zero-order chi connectivity index (χ0) is 24.1. The van der Waals surface area contributed by atoms with Gasteiger partial charge in [-0.2, -0.15) is 4.98 Å². The molecule has 186 valence electrons. The maximum absolute atomic E-state index is 14.3. The molecule has 0 radical (unpaired) electrons. The number of likely N-dealkylation sites (tertiary alicyclic amines) is 1. The number of nitrogens with zero attached hydrogens (tertiary/aromatic N) is 3. The van der Waals surface area contributed by atoms with Crippen molar-refractivity contribution in [2.45, 2.75) is 49.7 Å². The van der Waals surface area contributed by atoms with E-state index in [1.165, 1.54) is 0 Å². The van der Waals surface area contributed by atoms with E-state index in [1.54, 1.807) is 11.0 Å². The van der Waals surface area contributed by atoms with Crippen LogP contribution >= 0.6 is 0 Å². The van der Waals surface area contributed by atoms with Gasteiger partial charge in [-0.15, -0.1) is 0 Å². The first kappa shape index (κ1) is 23.4. The summed E-state index contributed by atoms with van der Waals surface area (Å²) in [6.45, 7) is 3.96. The molecule has 2 aliphatic carbocycles. The van der Waals surface area contributed by atoms with E-state index in [1.807, 2.05) is 6.92 Å². The predicted octanol–water partition coefficient (Wildman–Crippen LogP) is 2.28. The van der Waals surface area contributed by atoms with Crippen molar-refractivity contribution in [2.24, 2.45) is 11.8 Å². The summed E-state index contributed by atoms with van der Waals surface area (Å²) in [5.41, 5.74) is 0.0531. The van der Waals surface area contributed by atoms with Crippen molar-refractivity contribution in [2.75, 3.05) is 32.6 Å². The van der Waals surface area contributed by atoms with Gasteiger partial charge in [0.2, 0.25) is 5.82 Å². The quantitative estimate of drug-likeness (QED) is 0.583. The molecular formula is C22H28FN3O7S. The molecule has 0 N–H and O–H groups in total. The van der Waals surface area contributed by atoms with Gasteiger partial charge in [-0.25, -0.2) is 17.6 Å². The smallest absolute Gasteiger partial charge is 0.410 e. The summed E-state index contributed by atoms with van der Waals surface area (Å²) >= 11 is 0. The second-order valence-electron chi connectivity index (χ2n) is 9.81. The minimum Gasteiger partial charge on any atom is -0.443 e. The van der Waals surface area contributed by atoms with Gasteiger partial charge in [-0.3, -0.25) is 0 Å². The molecule has 3 atom stereocenters. The van der Waals surface area contributed by atoms with Crippen LogP contribution in [0.4, 0.5) is 9.18 Å². The van der Waals surface area contributed by atoms with Crippen LogP contribution < -0.4 is 0 Å². The van der Waals surface area contributed by atoms with Crippen molar-refractivity contribution in [3.05, 3.63) is 29.7 Å². The second kappa shape index (κ2) is 8.72. The van der Waals surface area contributed by atoms with Crippen LogP contribution in [0.25, 0.3) is 5.57 Å². The molecule has 2 bridgehead atoms. The van der Waals surface area contributed by atoms with Gasteiger partial charge in [0.05, 0.1) is 19.3 Å². The van der Waals surface area contributed by atoms with Crippen molar-refractivity contribution >= 4 is 21.5 Å². The molecule has 12 heteroatoms. The highest BCUT2D eigenvalue weighted by Crippen LogP contribution is 2.40. The third-order valence-electron chi connectivity index (χ3n) is 6.84. The highest BCUT2D eigenvalue weighted by Gasteiger charge is 2.47. The normalized spacial score (nSPS) is 30.4. The molecule has 0 aromatic carbocycles. The summed E-state index contributed by atoms with van der Waals surface area (Å²) in [6, 6.07) is 0. The highest BCUT2D eigenvalue weighted by atomic mass is 32.2. The number of piperidine rings is 1. The zero-order valence-electron chi connectivity index (χ0n) is 19.1. The zero-order valence-corrected chi connectivity index (χ0v) is 19.9. The number of allylic oxidation sites excluding steroid dienone is 3. The van der Waals surface area contributed by atoms with E-state index in [0.29, 0.717) is 31.9 Å². The molecule has 3 fully saturated rings. The number of amides is 1. The molecule has 34 heavy (non-hydrogen) atoms. The van der Waals surface area contributed by atoms with Crippen LogP contribution in [0, 0.1) is 11.8 Å². The first-order valence-corrected chi connectivity index (χ1v) is 13.3. The molecule has 3 heterocycles. The number of carbonyl (C=O) groups excluding carboxylic acids is 1. The average Bonchev–Trinajstić information content (AvgIpc) is 3.29. The number of fused-ring (bicyclic) bond motifs is 2. The Hall–Kier alpha value is -2.31. The lowest BCUT2D eigenvalue weighted by atomic mass is 9.84. The minimum atomic E-state index is -3.53. The van der Waals surface area contributed by atoms with Gasteiger partial charge < -0.3 is 23.6 Å². The van der Waals surface area contributed by atoms with Gasteiger partial charge in [-0.05, 0) is 32.3 Å². The number of hydrogen-bond donors (Lipinski definition) is 0. The van der Waals surface area contributed by atoms with Crippen LogP contribution in [0.1, 0.15) is 37.9 Å². The van der Waals surface area contributed by atoms with Gasteiger partial charge in [-0.1, -0.05) is 11.2 Å². The summed E-state index contributed by atoms with van der Waals surface area (Å²) in [7, 11) is -3.53. The van der Waals surface area contributed by atoms with E-state index < -0.39 is 20.9 Å². The number of rotatable bonds is 6. The van der Waals surface area contributed by atoms with Gasteiger partial charge in [0.25, 0.3) is 5.89 Å². The fourth-order valence-corrected chi connectivity index (χ4v) is 5.58. The monoisotopic (exact) mass is 497 g/mol. The maximum atomic E-state index is 14.3. The molecule has 4 aliphatic rings. The summed E-state index contributed by atoms with van der Waals surface area (Å²) in [5.74, 6) is -0.329. The molecule has 10 nitrogen and oxygen atoms in total. The fourth-order valence-electron chi connectivity index (χ4n) is 4.65. The van der Waals surface area contributed by atoms with E-state index in [4.69, 9.17) is 18.7 Å². The fraction of sp³-hybridized carbons (Fsp3) is 0.682. The number of aromatic nitrogens is 2. The Labute approximate surface area is 197 Å². The van der Waals surface area contributed by atoms with E-state index in [-0.39, 0.29) is 54.4 Å². The largest absolute Gasteiger partial charge is 0.443 e. The number of carbonyl (C=O) groups is 1. The number of sulfone groups is 1. The minimum absolute atomic E-state index is 0.000425. The summed E-state index contributed by atoms with van der Waals surface area (Å²) in [6.07, 6.45) is 5.12. The third-order valence-corrected chi connectivity index (χ3v) is 8.30. The van der Waals surface area contributed by atoms with Crippen molar-refractivity contribution in [1.82, 2.24) is 15.0 Å². The molecule has 1 amide bonds. The molecule has 0 spiro atoms. The van der Waals surface area contributed by atoms with Gasteiger partial charge in [0.15, 0.2) is 9.84 Å². The SMILES string of the molecule is CC1(OC(=O)N2CC3COCC(C2)C3OCc2nc(C3=CCC(S(C)(=O)=O)C(F)=C3)no2)CC1. The van der Waals surface area contributed by atoms with E-state index >= 15 is 0 Å². The molecule has 1 aromatic rings. The molecule has 2 saturated heterocycles. The number of ether oxygens (including phenoxy) is 3. The number of halogens is 1. The van der Waals surface area contributed by atoms with Crippen LogP contribution in [0.15, 0.2) is 22.5 Å². The van der Waals surface area contributed by atoms with Crippen LogP contribution in [-0.2, 0) is 30.7 Å². The predicted molar refractivity (Wildman–Crippen MR) is 117 cm³/mol. The Morgan fingerprint density at radius 3 is 2.62 bits per heavy atom. The van der Waals surface area contributed by atoms with Crippen molar-refractivity contribution in [3.8, 4) is 0 Å². The van der Waals surface area contributed by atoms with Crippen LogP contribution in [0.3, 0.4) is 0 Å². The highest BCUT2D eigenvalue weighted by molar-refractivity contribution is 7.91. The molecular weight excluding hydrogens is 469 g/mol. The van der Waals surface area contributed by atoms with E-state index in [9.17, 15) is 17.6 Å². The lowest BCUT2D eigenvalue weighted by Gasteiger charge is -2.46. The lowest BCUT2D eigenvalue weighted by Crippen LogP contribution is -2.57. The topological polar surface area (TPSA) is 121 Å². The standard InChI is InChI=1S/C22H28FN3O7S/c1-22(5-6-22)32-21(27)26-8-14-10-30-11-15(9-26)19(14)31-12-18-24-20(25-33-18)13-3-4-17(16(23)7-13)34(2,28)29/h3,7,14-15,17,19H,4-6,8-12H2,1-2H3. The van der Waals surface area contributed by atoms with Gasteiger partial charge in [0.1, 0.15) is 23.3 Å². The van der Waals surface area contributed by atoms with E-state index in [2.05, 4.69) is 10.1 Å². The lowest BCUT2D eigenvalue weighted by molar-refractivity contribution is -0.153. The number of hydrogen-bond acceptors (Lipinski definition) is 9.